The van der Waals surface area contributed by atoms with Gasteiger partial charge >= 0.3 is 5.97 Å². The number of primary amides is 1. The van der Waals surface area contributed by atoms with E-state index in [9.17, 15) is 9.59 Å². The van der Waals surface area contributed by atoms with Gasteiger partial charge in [0.15, 0.2) is 0 Å². The van der Waals surface area contributed by atoms with E-state index in [2.05, 4.69) is 10.1 Å². The Labute approximate surface area is 77.0 Å². The molecule has 0 heterocycles. The first-order chi connectivity index (χ1) is 5.11. The van der Waals surface area contributed by atoms with E-state index in [4.69, 9.17) is 5.73 Å². The number of hydrogen-bond acceptors (Lipinski definition) is 4. The number of nitrogens with two attached hydrogens (primary N) is 1. The summed E-state index contributed by atoms with van der Waals surface area (Å²) in [7, 11) is 2.82. The van der Waals surface area contributed by atoms with E-state index in [1.54, 1.807) is 7.05 Å². The maximum absolute atomic E-state index is 10.8. The molecule has 0 radical (unpaired) electrons. The van der Waals surface area contributed by atoms with Crippen molar-refractivity contribution >= 4 is 24.3 Å². The van der Waals surface area contributed by atoms with Gasteiger partial charge in [-0.15, -0.1) is 12.4 Å². The van der Waals surface area contributed by atoms with Crippen molar-refractivity contribution in [3.63, 3.8) is 0 Å². The molecule has 3 N–H and O–H groups in total. The van der Waals surface area contributed by atoms with E-state index in [-0.39, 0.29) is 18.8 Å². The summed E-state index contributed by atoms with van der Waals surface area (Å²) < 4.78 is 4.39. The number of halogens is 1. The Hall–Kier alpha value is -0.810. The van der Waals surface area contributed by atoms with Crippen LogP contribution in [-0.4, -0.2) is 32.1 Å². The monoisotopic (exact) mass is 196 g/mol. The highest BCUT2D eigenvalue weighted by molar-refractivity contribution is 5.85. The van der Waals surface area contributed by atoms with E-state index in [0.717, 1.165) is 0 Å². The van der Waals surface area contributed by atoms with Crippen LogP contribution < -0.4 is 11.1 Å². The first-order valence-electron chi connectivity index (χ1n) is 3.15. The van der Waals surface area contributed by atoms with Gasteiger partial charge in [0.2, 0.25) is 5.91 Å². The fourth-order valence-corrected chi connectivity index (χ4v) is 0.647. The van der Waals surface area contributed by atoms with Crippen LogP contribution in [0.15, 0.2) is 0 Å². The molecule has 12 heavy (non-hydrogen) atoms. The van der Waals surface area contributed by atoms with E-state index in [0.29, 0.717) is 0 Å². The van der Waals surface area contributed by atoms with Crippen molar-refractivity contribution in [1.82, 2.24) is 5.32 Å². The predicted octanol–water partition coefficient (Wildman–Crippen LogP) is -0.955. The van der Waals surface area contributed by atoms with Crippen molar-refractivity contribution in [2.24, 2.45) is 5.73 Å². The molecule has 6 heteroatoms. The average molecular weight is 197 g/mol. The summed E-state index contributed by atoms with van der Waals surface area (Å²) >= 11 is 0. The summed E-state index contributed by atoms with van der Waals surface area (Å²) in [6.45, 7) is 0. The summed E-state index contributed by atoms with van der Waals surface area (Å²) in [6.07, 6.45) is -0.0385. The zero-order valence-electron chi connectivity index (χ0n) is 6.99. The number of likely N-dealkylation sites (N-methyl/N-ethyl adjacent to an activating group) is 1. The third-order valence-corrected chi connectivity index (χ3v) is 1.24. The van der Waals surface area contributed by atoms with Crippen LogP contribution in [0.1, 0.15) is 6.42 Å². The van der Waals surface area contributed by atoms with Crippen LogP contribution in [0, 0.1) is 0 Å². The van der Waals surface area contributed by atoms with Crippen LogP contribution in [-0.2, 0) is 14.3 Å². The van der Waals surface area contributed by atoms with Gasteiger partial charge in [-0.1, -0.05) is 0 Å². The summed E-state index contributed by atoms with van der Waals surface area (Å²) in [4.78, 5) is 21.1. The van der Waals surface area contributed by atoms with Crippen LogP contribution in [0.5, 0.6) is 0 Å². The minimum Gasteiger partial charge on any atom is -0.468 e. The fraction of sp³-hybridized carbons (Fsp3) is 0.667. The lowest BCUT2D eigenvalue weighted by molar-refractivity contribution is -0.144. The Morgan fingerprint density at radius 2 is 2.08 bits per heavy atom. The smallest absolute Gasteiger partial charge is 0.323 e. The Morgan fingerprint density at radius 3 is 2.33 bits per heavy atom. The van der Waals surface area contributed by atoms with Gasteiger partial charge in [0.25, 0.3) is 0 Å². The lowest BCUT2D eigenvalue weighted by Crippen LogP contribution is -2.38. The van der Waals surface area contributed by atoms with Crippen LogP contribution in [0.2, 0.25) is 0 Å². The summed E-state index contributed by atoms with van der Waals surface area (Å²) in [5.74, 6) is -1.01. The second-order valence-corrected chi connectivity index (χ2v) is 2.03. The molecule has 0 aromatic carbocycles. The number of carbonyl (C=O) groups is 2. The van der Waals surface area contributed by atoms with Gasteiger partial charge in [-0.2, -0.15) is 0 Å². The van der Waals surface area contributed by atoms with Gasteiger partial charge in [0.1, 0.15) is 6.04 Å². The van der Waals surface area contributed by atoms with E-state index in [1.165, 1.54) is 7.11 Å². The van der Waals surface area contributed by atoms with Gasteiger partial charge in [-0.05, 0) is 7.05 Å². The Morgan fingerprint density at radius 1 is 1.58 bits per heavy atom. The molecule has 0 rings (SSSR count). The summed E-state index contributed by atoms with van der Waals surface area (Å²) in [6, 6.07) is -0.627. The van der Waals surface area contributed by atoms with Gasteiger partial charge in [-0.25, -0.2) is 0 Å². The molecule has 0 aliphatic rings. The highest BCUT2D eigenvalue weighted by Gasteiger charge is 2.18. The number of nitrogens with one attached hydrogen (secondary N) is 1. The molecule has 72 valence electrons. The highest BCUT2D eigenvalue weighted by atomic mass is 35.5. The Bertz CT molecular complexity index is 163. The molecule has 1 amide bonds. The van der Waals surface area contributed by atoms with Crippen molar-refractivity contribution in [2.75, 3.05) is 14.2 Å². The number of ether oxygens (including phenoxy) is 1. The van der Waals surface area contributed by atoms with Crippen LogP contribution in [0.3, 0.4) is 0 Å². The maximum atomic E-state index is 10.8. The number of amides is 1. The zero-order valence-corrected chi connectivity index (χ0v) is 7.81. The maximum Gasteiger partial charge on any atom is 0.323 e. The standard InChI is InChI=1S/C6H12N2O3.ClH/c1-8-4(3-5(7)9)6(10)11-2;/h4,8H,3H2,1-2H3,(H2,7,9);1H/t4-;/m0./s1. The van der Waals surface area contributed by atoms with Crippen LogP contribution >= 0.6 is 12.4 Å². The number of methoxy groups -OCH3 is 1. The molecule has 0 fully saturated rings. The van der Waals surface area contributed by atoms with E-state index in [1.807, 2.05) is 0 Å². The lowest BCUT2D eigenvalue weighted by atomic mass is 10.2. The SMILES string of the molecule is CN[C@@H](CC(N)=O)C(=O)OC.Cl. The molecule has 0 unspecified atom stereocenters. The number of hydrogen-bond donors (Lipinski definition) is 2. The van der Waals surface area contributed by atoms with Crippen molar-refractivity contribution in [1.29, 1.82) is 0 Å². The zero-order chi connectivity index (χ0) is 8.85. The highest BCUT2D eigenvalue weighted by Crippen LogP contribution is 1.92. The predicted molar refractivity (Wildman–Crippen MR) is 45.9 cm³/mol. The quantitative estimate of drug-likeness (QED) is 0.568. The molecule has 0 aliphatic carbocycles. The van der Waals surface area contributed by atoms with Gasteiger partial charge in [0, 0.05) is 0 Å². The van der Waals surface area contributed by atoms with Crippen molar-refractivity contribution < 1.29 is 14.3 Å². The summed E-state index contributed by atoms with van der Waals surface area (Å²) in [5.41, 5.74) is 4.87. The molecule has 5 nitrogen and oxygen atoms in total. The molecule has 0 aromatic rings. The fourth-order valence-electron chi connectivity index (χ4n) is 0.647. The molecular formula is C6H13ClN2O3. The molecule has 0 bridgehead atoms. The third-order valence-electron chi connectivity index (χ3n) is 1.24. The van der Waals surface area contributed by atoms with E-state index < -0.39 is 17.9 Å². The molecule has 0 saturated heterocycles. The first-order valence-corrected chi connectivity index (χ1v) is 3.15. The van der Waals surface area contributed by atoms with Crippen molar-refractivity contribution in [2.45, 2.75) is 12.5 Å². The molecule has 0 aliphatic heterocycles. The van der Waals surface area contributed by atoms with E-state index >= 15 is 0 Å². The topological polar surface area (TPSA) is 81.4 Å². The molecular weight excluding hydrogens is 184 g/mol. The number of rotatable bonds is 4. The van der Waals surface area contributed by atoms with Gasteiger partial charge in [-0.3, -0.25) is 9.59 Å². The second-order valence-electron chi connectivity index (χ2n) is 2.03. The Balaban J connectivity index is 0. The van der Waals surface area contributed by atoms with Gasteiger partial charge in [0.05, 0.1) is 13.5 Å². The lowest BCUT2D eigenvalue weighted by Gasteiger charge is -2.10. The molecule has 0 spiro atoms. The first kappa shape index (κ1) is 13.8. The molecule has 1 atom stereocenters. The Kier molecular flexibility index (Phi) is 7.88. The number of carbonyl (C=O) groups excluding carboxylic acids is 2. The largest absolute Gasteiger partial charge is 0.468 e. The van der Waals surface area contributed by atoms with Gasteiger partial charge < -0.3 is 15.8 Å². The molecule has 0 saturated carbocycles. The average Bonchev–Trinajstić information content (AvgIpc) is 1.98. The normalized spacial score (nSPS) is 11.2. The molecule has 0 aromatic heterocycles. The minimum absolute atomic E-state index is 0. The van der Waals surface area contributed by atoms with Crippen LogP contribution in [0.4, 0.5) is 0 Å². The second kappa shape index (κ2) is 6.87. The van der Waals surface area contributed by atoms with Crippen molar-refractivity contribution in [3.8, 4) is 0 Å². The summed E-state index contributed by atoms with van der Waals surface area (Å²) in [5, 5.41) is 2.61. The third kappa shape index (κ3) is 4.92. The minimum atomic E-state index is -0.627. The number of esters is 1. The van der Waals surface area contributed by atoms with Crippen molar-refractivity contribution in [3.05, 3.63) is 0 Å². The van der Waals surface area contributed by atoms with Crippen LogP contribution in [0.25, 0.3) is 0 Å².